The molecule has 0 saturated carbocycles. The predicted octanol–water partition coefficient (Wildman–Crippen LogP) is 2.89. The molecule has 0 amide bonds. The molecule has 0 aromatic heterocycles. The van der Waals surface area contributed by atoms with E-state index in [4.69, 9.17) is 4.74 Å². The molecule has 0 heterocycles. The van der Waals surface area contributed by atoms with Crippen molar-refractivity contribution in [1.82, 2.24) is 0 Å². The zero-order valence-corrected chi connectivity index (χ0v) is 13.8. The van der Waals surface area contributed by atoms with Crippen molar-refractivity contribution in [2.75, 3.05) is 14.2 Å². The van der Waals surface area contributed by atoms with Crippen LogP contribution in [-0.4, -0.2) is 36.6 Å². The Morgan fingerprint density at radius 3 is 2.38 bits per heavy atom. The standard InChI is InChI=1S/C18H15F3O5/c1-25-15(22)9-7-11(16(23)26-2)14-10-5-3-4-6-12(10)17(24,13(14)8-9)18(19,20)21/h3-8,15,22,24H,1-2H3. The fourth-order valence-electron chi connectivity index (χ4n) is 3.26. The van der Waals surface area contributed by atoms with Crippen LogP contribution in [0.1, 0.15) is 33.3 Å². The molecule has 0 fully saturated rings. The molecule has 26 heavy (non-hydrogen) atoms. The summed E-state index contributed by atoms with van der Waals surface area (Å²) in [4.78, 5) is 12.2. The minimum atomic E-state index is -5.06. The Hall–Kier alpha value is -2.42. The highest BCUT2D eigenvalue weighted by atomic mass is 19.4. The first-order valence-electron chi connectivity index (χ1n) is 7.53. The van der Waals surface area contributed by atoms with Gasteiger partial charge in [0.15, 0.2) is 6.29 Å². The Balaban J connectivity index is 2.44. The first-order chi connectivity index (χ1) is 12.2. The summed E-state index contributed by atoms with van der Waals surface area (Å²) < 4.78 is 51.0. The molecule has 0 bridgehead atoms. The third kappa shape index (κ3) is 2.41. The van der Waals surface area contributed by atoms with Gasteiger partial charge < -0.3 is 19.7 Å². The second-order valence-corrected chi connectivity index (χ2v) is 5.82. The van der Waals surface area contributed by atoms with Gasteiger partial charge in [0.25, 0.3) is 0 Å². The summed E-state index contributed by atoms with van der Waals surface area (Å²) in [6, 6.07) is 7.59. The highest BCUT2D eigenvalue weighted by molar-refractivity contribution is 6.01. The molecule has 0 radical (unpaired) electrons. The van der Waals surface area contributed by atoms with Gasteiger partial charge in [0.2, 0.25) is 5.60 Å². The zero-order valence-electron chi connectivity index (χ0n) is 13.8. The summed E-state index contributed by atoms with van der Waals surface area (Å²) >= 11 is 0. The van der Waals surface area contributed by atoms with Crippen molar-refractivity contribution in [3.63, 3.8) is 0 Å². The van der Waals surface area contributed by atoms with E-state index in [1.807, 2.05) is 0 Å². The lowest BCUT2D eigenvalue weighted by molar-refractivity contribution is -0.246. The van der Waals surface area contributed by atoms with Crippen LogP contribution in [-0.2, 0) is 15.1 Å². The van der Waals surface area contributed by atoms with Gasteiger partial charge in [-0.2, -0.15) is 13.2 Å². The predicted molar refractivity (Wildman–Crippen MR) is 84.2 cm³/mol. The first-order valence-corrected chi connectivity index (χ1v) is 7.53. The van der Waals surface area contributed by atoms with E-state index >= 15 is 0 Å². The average molecular weight is 368 g/mol. The molecule has 0 aliphatic heterocycles. The van der Waals surface area contributed by atoms with Gasteiger partial charge in [0.05, 0.1) is 12.7 Å². The van der Waals surface area contributed by atoms with Crippen molar-refractivity contribution in [3.8, 4) is 11.1 Å². The van der Waals surface area contributed by atoms with Crippen LogP contribution < -0.4 is 0 Å². The van der Waals surface area contributed by atoms with Crippen LogP contribution in [0.5, 0.6) is 0 Å². The molecule has 2 aromatic carbocycles. The van der Waals surface area contributed by atoms with Gasteiger partial charge >= 0.3 is 12.1 Å². The maximum absolute atomic E-state index is 13.9. The van der Waals surface area contributed by atoms with Crippen LogP contribution >= 0.6 is 0 Å². The lowest BCUT2D eigenvalue weighted by atomic mass is 9.88. The molecule has 2 N–H and O–H groups in total. The van der Waals surface area contributed by atoms with Crippen LogP contribution in [0.25, 0.3) is 11.1 Å². The van der Waals surface area contributed by atoms with Gasteiger partial charge in [-0.1, -0.05) is 24.3 Å². The monoisotopic (exact) mass is 368 g/mol. The quantitative estimate of drug-likeness (QED) is 0.644. The van der Waals surface area contributed by atoms with Gasteiger partial charge in [-0.3, -0.25) is 0 Å². The molecule has 8 heteroatoms. The summed E-state index contributed by atoms with van der Waals surface area (Å²) in [7, 11) is 2.24. The number of hydrogen-bond acceptors (Lipinski definition) is 5. The molecule has 2 unspecified atom stereocenters. The van der Waals surface area contributed by atoms with Crippen molar-refractivity contribution in [3.05, 3.63) is 58.7 Å². The molecule has 1 aliphatic carbocycles. The van der Waals surface area contributed by atoms with Crippen LogP contribution in [0.2, 0.25) is 0 Å². The Morgan fingerprint density at radius 1 is 1.15 bits per heavy atom. The van der Waals surface area contributed by atoms with E-state index < -0.39 is 35.2 Å². The summed E-state index contributed by atoms with van der Waals surface area (Å²) in [5, 5.41) is 20.6. The molecular weight excluding hydrogens is 353 g/mol. The number of rotatable bonds is 3. The second-order valence-electron chi connectivity index (χ2n) is 5.82. The topological polar surface area (TPSA) is 76.0 Å². The van der Waals surface area contributed by atoms with Crippen LogP contribution in [0.3, 0.4) is 0 Å². The Morgan fingerprint density at radius 2 is 1.81 bits per heavy atom. The number of methoxy groups -OCH3 is 2. The Kier molecular flexibility index (Phi) is 4.30. The summed E-state index contributed by atoms with van der Waals surface area (Å²) in [5.74, 6) is -0.896. The molecule has 2 atom stereocenters. The molecular formula is C18H15F3O5. The van der Waals surface area contributed by atoms with E-state index in [2.05, 4.69) is 4.74 Å². The fourth-order valence-corrected chi connectivity index (χ4v) is 3.26. The molecule has 5 nitrogen and oxygen atoms in total. The van der Waals surface area contributed by atoms with E-state index in [9.17, 15) is 28.2 Å². The first kappa shape index (κ1) is 18.4. The van der Waals surface area contributed by atoms with Crippen molar-refractivity contribution in [2.24, 2.45) is 0 Å². The summed E-state index contributed by atoms with van der Waals surface area (Å²) in [6.45, 7) is 0. The van der Waals surface area contributed by atoms with Crippen LogP contribution in [0, 0.1) is 0 Å². The highest BCUT2D eigenvalue weighted by Gasteiger charge is 2.61. The zero-order chi connectivity index (χ0) is 19.3. The number of carbonyl (C=O) groups is 1. The van der Waals surface area contributed by atoms with Gasteiger partial charge in [0.1, 0.15) is 0 Å². The van der Waals surface area contributed by atoms with Gasteiger partial charge in [0, 0.05) is 29.4 Å². The maximum Gasteiger partial charge on any atom is 0.425 e. The normalized spacial score (nSPS) is 19.7. The largest absolute Gasteiger partial charge is 0.465 e. The fraction of sp³-hybridized carbons (Fsp3) is 0.278. The van der Waals surface area contributed by atoms with Crippen LogP contribution in [0.4, 0.5) is 13.2 Å². The summed E-state index contributed by atoms with van der Waals surface area (Å²) in [5.41, 5.74) is -4.60. The van der Waals surface area contributed by atoms with Gasteiger partial charge in [-0.15, -0.1) is 0 Å². The molecule has 0 saturated heterocycles. The molecule has 0 spiro atoms. The lowest BCUT2D eigenvalue weighted by Crippen LogP contribution is -2.41. The Labute approximate surface area is 146 Å². The number of hydrogen-bond donors (Lipinski definition) is 2. The lowest BCUT2D eigenvalue weighted by Gasteiger charge is -2.29. The SMILES string of the molecule is COC(=O)c1cc(C(O)OC)cc2c1-c1ccccc1C2(O)C(F)(F)F. The highest BCUT2D eigenvalue weighted by Crippen LogP contribution is 2.56. The van der Waals surface area contributed by atoms with Crippen molar-refractivity contribution >= 4 is 5.97 Å². The van der Waals surface area contributed by atoms with Crippen molar-refractivity contribution in [2.45, 2.75) is 18.1 Å². The average Bonchev–Trinajstić information content (AvgIpc) is 2.90. The second kappa shape index (κ2) is 6.08. The van der Waals surface area contributed by atoms with E-state index in [0.717, 1.165) is 26.4 Å². The molecule has 3 rings (SSSR count). The number of ether oxygens (including phenoxy) is 2. The third-order valence-electron chi connectivity index (χ3n) is 4.46. The van der Waals surface area contributed by atoms with Crippen molar-refractivity contribution in [1.29, 1.82) is 0 Å². The van der Waals surface area contributed by atoms with Gasteiger partial charge in [-0.25, -0.2) is 4.79 Å². The van der Waals surface area contributed by atoms with E-state index in [1.54, 1.807) is 0 Å². The maximum atomic E-state index is 13.9. The van der Waals surface area contributed by atoms with Crippen LogP contribution in [0.15, 0.2) is 36.4 Å². The number of carbonyl (C=O) groups excluding carboxylic acids is 1. The molecule has 2 aromatic rings. The number of esters is 1. The smallest absolute Gasteiger partial charge is 0.425 e. The minimum Gasteiger partial charge on any atom is -0.465 e. The third-order valence-corrected chi connectivity index (χ3v) is 4.46. The number of aliphatic hydroxyl groups excluding tert-OH is 1. The number of halogens is 3. The number of fused-ring (bicyclic) bond motifs is 3. The number of alkyl halides is 3. The Bertz CT molecular complexity index is 878. The minimum absolute atomic E-state index is 0.0705. The summed E-state index contributed by atoms with van der Waals surface area (Å²) in [6.07, 6.45) is -6.64. The number of benzene rings is 2. The van der Waals surface area contributed by atoms with E-state index in [-0.39, 0.29) is 22.3 Å². The van der Waals surface area contributed by atoms with E-state index in [0.29, 0.717) is 0 Å². The molecule has 1 aliphatic rings. The number of aliphatic hydroxyl groups is 2. The molecule has 138 valence electrons. The van der Waals surface area contributed by atoms with Crippen molar-refractivity contribution < 1.29 is 37.7 Å². The van der Waals surface area contributed by atoms with Gasteiger partial charge in [-0.05, 0) is 17.7 Å². The van der Waals surface area contributed by atoms with E-state index in [1.165, 1.54) is 24.3 Å².